The lowest BCUT2D eigenvalue weighted by Crippen LogP contribution is -2.25. The van der Waals surface area contributed by atoms with Gasteiger partial charge in [0.15, 0.2) is 0 Å². The van der Waals surface area contributed by atoms with Gasteiger partial charge in [0.25, 0.3) is 0 Å². The lowest BCUT2D eigenvalue weighted by molar-refractivity contribution is 0.481. The summed E-state index contributed by atoms with van der Waals surface area (Å²) < 4.78 is 0. The summed E-state index contributed by atoms with van der Waals surface area (Å²) in [5, 5.41) is 5.42. The van der Waals surface area contributed by atoms with E-state index >= 15 is 0 Å². The van der Waals surface area contributed by atoms with Crippen LogP contribution in [-0.2, 0) is 12.8 Å². The lowest BCUT2D eigenvalue weighted by Gasteiger charge is -2.16. The lowest BCUT2D eigenvalue weighted by atomic mass is 9.95. The van der Waals surface area contributed by atoms with Crippen molar-refractivity contribution in [2.45, 2.75) is 26.7 Å². The van der Waals surface area contributed by atoms with Gasteiger partial charge in [-0.3, -0.25) is 0 Å². The van der Waals surface area contributed by atoms with Crippen molar-refractivity contribution >= 4 is 22.9 Å². The first-order valence-electron chi connectivity index (χ1n) is 7.04. The summed E-state index contributed by atoms with van der Waals surface area (Å²) in [6.07, 6.45) is 4.13. The molecule has 0 saturated carbocycles. The number of thiazole rings is 1. The molecule has 20 heavy (non-hydrogen) atoms. The Hall–Kier alpha value is -0.900. The van der Waals surface area contributed by atoms with E-state index in [1.165, 1.54) is 10.4 Å². The molecule has 0 amide bonds. The molecule has 2 rings (SSSR count). The standard InChI is InChI=1S/C16H21ClN2S/c1-3-18-10-14(9-16-11-19-12(2)20-16)7-13-5-4-6-15(17)8-13/h4-6,8,11,14,18H,3,7,9-10H2,1-2H3. The van der Waals surface area contributed by atoms with Gasteiger partial charge < -0.3 is 5.32 Å². The number of benzene rings is 1. The van der Waals surface area contributed by atoms with Crippen LogP contribution in [0.5, 0.6) is 0 Å². The Morgan fingerprint density at radius 2 is 2.20 bits per heavy atom. The fraction of sp³-hybridized carbons (Fsp3) is 0.438. The second-order valence-electron chi connectivity index (χ2n) is 5.06. The molecule has 2 aromatic rings. The molecule has 0 aliphatic carbocycles. The van der Waals surface area contributed by atoms with Crippen molar-refractivity contribution in [2.24, 2.45) is 5.92 Å². The van der Waals surface area contributed by atoms with Crippen molar-refractivity contribution in [3.05, 3.63) is 50.9 Å². The first kappa shape index (κ1) is 15.5. The molecular formula is C16H21ClN2S. The van der Waals surface area contributed by atoms with Gasteiger partial charge in [-0.2, -0.15) is 0 Å². The maximum Gasteiger partial charge on any atom is 0.0896 e. The molecule has 0 bridgehead atoms. The van der Waals surface area contributed by atoms with E-state index in [4.69, 9.17) is 11.6 Å². The zero-order chi connectivity index (χ0) is 14.4. The highest BCUT2D eigenvalue weighted by Crippen LogP contribution is 2.20. The molecule has 0 aliphatic rings. The molecule has 0 saturated heterocycles. The second kappa shape index (κ2) is 7.77. The number of aromatic nitrogens is 1. The third-order valence-electron chi connectivity index (χ3n) is 3.26. The second-order valence-corrected chi connectivity index (χ2v) is 6.81. The first-order chi connectivity index (χ1) is 9.67. The molecule has 1 aromatic carbocycles. The van der Waals surface area contributed by atoms with Gasteiger partial charge in [0.05, 0.1) is 5.01 Å². The van der Waals surface area contributed by atoms with Gasteiger partial charge in [0.1, 0.15) is 0 Å². The normalized spacial score (nSPS) is 12.6. The van der Waals surface area contributed by atoms with E-state index < -0.39 is 0 Å². The minimum atomic E-state index is 0.577. The Labute approximate surface area is 130 Å². The van der Waals surface area contributed by atoms with Gasteiger partial charge >= 0.3 is 0 Å². The molecule has 2 nitrogen and oxygen atoms in total. The van der Waals surface area contributed by atoms with Crippen molar-refractivity contribution in [1.29, 1.82) is 0 Å². The van der Waals surface area contributed by atoms with E-state index in [1.807, 2.05) is 18.3 Å². The van der Waals surface area contributed by atoms with Crippen LogP contribution in [0.4, 0.5) is 0 Å². The van der Waals surface area contributed by atoms with Gasteiger partial charge in [-0.05, 0) is 56.5 Å². The summed E-state index contributed by atoms with van der Waals surface area (Å²) in [5.74, 6) is 0.577. The Balaban J connectivity index is 2.02. The Kier molecular flexibility index (Phi) is 6.02. The van der Waals surface area contributed by atoms with Crippen LogP contribution in [0.15, 0.2) is 30.5 Å². The van der Waals surface area contributed by atoms with E-state index in [9.17, 15) is 0 Å². The zero-order valence-corrected chi connectivity index (χ0v) is 13.6. The Bertz CT molecular complexity index is 539. The Morgan fingerprint density at radius 3 is 2.85 bits per heavy atom. The van der Waals surface area contributed by atoms with Crippen LogP contribution in [0.25, 0.3) is 0 Å². The molecule has 1 aromatic heterocycles. The van der Waals surface area contributed by atoms with E-state index in [0.717, 1.165) is 36.0 Å². The van der Waals surface area contributed by atoms with Crippen LogP contribution in [-0.4, -0.2) is 18.1 Å². The highest BCUT2D eigenvalue weighted by atomic mass is 35.5. The average molecular weight is 309 g/mol. The molecule has 1 heterocycles. The predicted octanol–water partition coefficient (Wildman–Crippen LogP) is 4.12. The van der Waals surface area contributed by atoms with Crippen LogP contribution < -0.4 is 5.32 Å². The van der Waals surface area contributed by atoms with E-state index in [2.05, 4.69) is 36.3 Å². The quantitative estimate of drug-likeness (QED) is 0.832. The molecule has 1 N–H and O–H groups in total. The monoisotopic (exact) mass is 308 g/mol. The maximum atomic E-state index is 6.07. The van der Waals surface area contributed by atoms with E-state index in [1.54, 1.807) is 11.3 Å². The van der Waals surface area contributed by atoms with Crippen molar-refractivity contribution < 1.29 is 0 Å². The van der Waals surface area contributed by atoms with Gasteiger partial charge in [-0.1, -0.05) is 30.7 Å². The number of halogens is 1. The number of aryl methyl sites for hydroxylation is 1. The summed E-state index contributed by atoms with van der Waals surface area (Å²) in [6, 6.07) is 8.18. The number of hydrogen-bond acceptors (Lipinski definition) is 3. The molecule has 0 aliphatic heterocycles. The average Bonchev–Trinajstić information content (AvgIpc) is 2.81. The maximum absolute atomic E-state index is 6.07. The van der Waals surface area contributed by atoms with Crippen molar-refractivity contribution in [1.82, 2.24) is 10.3 Å². The number of nitrogens with zero attached hydrogens (tertiary/aromatic N) is 1. The number of rotatable bonds is 7. The predicted molar refractivity (Wildman–Crippen MR) is 87.7 cm³/mol. The van der Waals surface area contributed by atoms with Crippen molar-refractivity contribution in [2.75, 3.05) is 13.1 Å². The first-order valence-corrected chi connectivity index (χ1v) is 8.23. The molecule has 0 fully saturated rings. The molecule has 108 valence electrons. The van der Waals surface area contributed by atoms with Crippen LogP contribution in [0.3, 0.4) is 0 Å². The Morgan fingerprint density at radius 1 is 1.35 bits per heavy atom. The number of nitrogens with one attached hydrogen (secondary N) is 1. The third-order valence-corrected chi connectivity index (χ3v) is 4.43. The fourth-order valence-corrected chi connectivity index (χ4v) is 3.47. The molecule has 1 unspecified atom stereocenters. The number of hydrogen-bond donors (Lipinski definition) is 1. The molecular weight excluding hydrogens is 288 g/mol. The smallest absolute Gasteiger partial charge is 0.0896 e. The van der Waals surface area contributed by atoms with E-state index in [0.29, 0.717) is 5.92 Å². The topological polar surface area (TPSA) is 24.9 Å². The molecule has 0 radical (unpaired) electrons. The van der Waals surface area contributed by atoms with Gasteiger partial charge in [0.2, 0.25) is 0 Å². The summed E-state index contributed by atoms with van der Waals surface area (Å²) in [4.78, 5) is 5.72. The summed E-state index contributed by atoms with van der Waals surface area (Å²) in [7, 11) is 0. The van der Waals surface area contributed by atoms with Gasteiger partial charge in [0, 0.05) is 16.1 Å². The molecule has 1 atom stereocenters. The van der Waals surface area contributed by atoms with Crippen LogP contribution in [0.1, 0.15) is 22.4 Å². The minimum absolute atomic E-state index is 0.577. The van der Waals surface area contributed by atoms with Crippen molar-refractivity contribution in [3.63, 3.8) is 0 Å². The van der Waals surface area contributed by atoms with Gasteiger partial charge in [-0.15, -0.1) is 11.3 Å². The highest BCUT2D eigenvalue weighted by Gasteiger charge is 2.12. The third kappa shape index (κ3) is 4.89. The van der Waals surface area contributed by atoms with Crippen molar-refractivity contribution in [3.8, 4) is 0 Å². The zero-order valence-electron chi connectivity index (χ0n) is 12.0. The SMILES string of the molecule is CCNCC(Cc1cccc(Cl)c1)Cc1cnc(C)s1. The highest BCUT2D eigenvalue weighted by molar-refractivity contribution is 7.11. The fourth-order valence-electron chi connectivity index (χ4n) is 2.35. The summed E-state index contributed by atoms with van der Waals surface area (Å²) >= 11 is 7.87. The summed E-state index contributed by atoms with van der Waals surface area (Å²) in [5.41, 5.74) is 1.31. The molecule has 0 spiro atoms. The van der Waals surface area contributed by atoms with Crippen LogP contribution in [0, 0.1) is 12.8 Å². The summed E-state index contributed by atoms with van der Waals surface area (Å²) in [6.45, 7) is 6.24. The van der Waals surface area contributed by atoms with E-state index in [-0.39, 0.29) is 0 Å². The largest absolute Gasteiger partial charge is 0.317 e. The minimum Gasteiger partial charge on any atom is -0.317 e. The van der Waals surface area contributed by atoms with Gasteiger partial charge in [-0.25, -0.2) is 4.98 Å². The molecule has 4 heteroatoms. The van der Waals surface area contributed by atoms with Crippen LogP contribution >= 0.6 is 22.9 Å². The van der Waals surface area contributed by atoms with Crippen LogP contribution in [0.2, 0.25) is 5.02 Å².